The molecule has 1 heterocycles. The number of nitrogens with zero attached hydrogens (tertiary/aromatic N) is 1. The van der Waals surface area contributed by atoms with Crippen LogP contribution in [0.2, 0.25) is 0 Å². The number of ether oxygens (including phenoxy) is 2. The molecule has 1 aliphatic heterocycles. The van der Waals surface area contributed by atoms with Crippen molar-refractivity contribution in [1.82, 2.24) is 4.90 Å². The molecule has 1 aliphatic rings. The molecule has 1 aromatic rings. The molecule has 3 N–H and O–H groups in total. The molecule has 0 amide bonds. The van der Waals surface area contributed by atoms with E-state index in [4.69, 9.17) is 9.47 Å². The van der Waals surface area contributed by atoms with E-state index in [2.05, 4.69) is 4.90 Å². The SMILES string of the molecule is CCOc1cc2c(cc1OCC)C(CC(O)O)N(CC(O)CC)CC2.Cl. The van der Waals surface area contributed by atoms with Gasteiger partial charge in [-0.2, -0.15) is 0 Å². The maximum Gasteiger partial charge on any atom is 0.161 e. The number of aliphatic hydroxyl groups is 3. The van der Waals surface area contributed by atoms with E-state index >= 15 is 0 Å². The van der Waals surface area contributed by atoms with E-state index in [0.717, 1.165) is 29.8 Å². The van der Waals surface area contributed by atoms with Crippen LogP contribution in [0.1, 0.15) is 50.8 Å². The van der Waals surface area contributed by atoms with Gasteiger partial charge >= 0.3 is 0 Å². The summed E-state index contributed by atoms with van der Waals surface area (Å²) in [5.74, 6) is 1.41. The normalized spacial score (nSPS) is 18.2. The maximum absolute atomic E-state index is 10.1. The summed E-state index contributed by atoms with van der Waals surface area (Å²) >= 11 is 0. The molecular weight excluding hydrogens is 358 g/mol. The molecule has 2 rings (SSSR count). The molecule has 0 fully saturated rings. The third-order valence-corrected chi connectivity index (χ3v) is 4.62. The Morgan fingerprint density at radius 2 is 1.69 bits per heavy atom. The monoisotopic (exact) mass is 389 g/mol. The molecule has 2 unspecified atom stereocenters. The third kappa shape index (κ3) is 5.72. The minimum absolute atomic E-state index is 0. The number of halogens is 1. The maximum atomic E-state index is 10.1. The van der Waals surface area contributed by atoms with E-state index in [0.29, 0.717) is 31.9 Å². The standard InChI is InChI=1S/C19H31NO5.ClH/c1-4-14(21)12-20-8-7-13-9-17(24-5-2)18(25-6-3)10-15(13)16(20)11-19(22)23;/h9-10,14,16,19,21-23H,4-8,11-12H2,1-3H3;1H. The molecule has 7 heteroatoms. The second-order valence-corrected chi connectivity index (χ2v) is 6.40. The molecule has 0 aromatic heterocycles. The number of aliphatic hydroxyl groups excluding tert-OH is 2. The van der Waals surface area contributed by atoms with Crippen LogP contribution in [0.4, 0.5) is 0 Å². The van der Waals surface area contributed by atoms with Crippen molar-refractivity contribution in [3.8, 4) is 11.5 Å². The van der Waals surface area contributed by atoms with Crippen molar-refractivity contribution in [3.05, 3.63) is 23.3 Å². The first kappa shape index (κ1) is 23.0. The molecule has 0 spiro atoms. The highest BCUT2D eigenvalue weighted by Gasteiger charge is 2.31. The molecule has 26 heavy (non-hydrogen) atoms. The molecule has 0 aliphatic carbocycles. The van der Waals surface area contributed by atoms with E-state index in [-0.39, 0.29) is 24.9 Å². The number of rotatable bonds is 9. The van der Waals surface area contributed by atoms with Crippen LogP contribution in [0.5, 0.6) is 11.5 Å². The van der Waals surface area contributed by atoms with Crippen molar-refractivity contribution in [2.24, 2.45) is 0 Å². The van der Waals surface area contributed by atoms with Crippen LogP contribution in [0.25, 0.3) is 0 Å². The molecule has 1 aromatic carbocycles. The van der Waals surface area contributed by atoms with Crippen molar-refractivity contribution in [3.63, 3.8) is 0 Å². The van der Waals surface area contributed by atoms with Crippen LogP contribution >= 0.6 is 12.4 Å². The quantitative estimate of drug-likeness (QED) is 0.562. The van der Waals surface area contributed by atoms with Gasteiger partial charge in [0, 0.05) is 25.6 Å². The Morgan fingerprint density at radius 1 is 1.08 bits per heavy atom. The van der Waals surface area contributed by atoms with Crippen molar-refractivity contribution in [1.29, 1.82) is 0 Å². The van der Waals surface area contributed by atoms with Crippen LogP contribution in [-0.2, 0) is 6.42 Å². The van der Waals surface area contributed by atoms with Crippen LogP contribution in [0.3, 0.4) is 0 Å². The van der Waals surface area contributed by atoms with Gasteiger partial charge in [0.05, 0.1) is 19.3 Å². The molecule has 150 valence electrons. The van der Waals surface area contributed by atoms with E-state index in [1.165, 1.54) is 0 Å². The first-order valence-corrected chi connectivity index (χ1v) is 9.20. The fourth-order valence-corrected chi connectivity index (χ4v) is 3.39. The Morgan fingerprint density at radius 3 is 2.23 bits per heavy atom. The van der Waals surface area contributed by atoms with Gasteiger partial charge in [0.25, 0.3) is 0 Å². The zero-order valence-corrected chi connectivity index (χ0v) is 16.7. The summed E-state index contributed by atoms with van der Waals surface area (Å²) in [7, 11) is 0. The molecule has 6 nitrogen and oxygen atoms in total. The summed E-state index contributed by atoms with van der Waals surface area (Å²) in [4.78, 5) is 2.13. The van der Waals surface area contributed by atoms with Gasteiger partial charge in [-0.3, -0.25) is 4.90 Å². The first-order chi connectivity index (χ1) is 12.0. The molecule has 0 saturated carbocycles. The number of β-amino-alcohol motifs (C(OH)–C–C–N with tert-alkyl or cyclic N) is 1. The van der Waals surface area contributed by atoms with Gasteiger partial charge in [0.15, 0.2) is 17.8 Å². The smallest absolute Gasteiger partial charge is 0.161 e. The Kier molecular flexibility index (Phi) is 9.68. The van der Waals surface area contributed by atoms with Crippen molar-refractivity contribution in [2.45, 2.75) is 58.5 Å². The summed E-state index contributed by atoms with van der Waals surface area (Å²) < 4.78 is 11.4. The highest BCUT2D eigenvalue weighted by Crippen LogP contribution is 2.40. The van der Waals surface area contributed by atoms with Crippen LogP contribution in [0, 0.1) is 0 Å². The van der Waals surface area contributed by atoms with Crippen LogP contribution in [-0.4, -0.2) is 58.9 Å². The van der Waals surface area contributed by atoms with Crippen molar-refractivity contribution < 1.29 is 24.8 Å². The van der Waals surface area contributed by atoms with Gasteiger partial charge in [-0.25, -0.2) is 0 Å². The van der Waals surface area contributed by atoms with Gasteiger partial charge in [0.1, 0.15) is 0 Å². The second-order valence-electron chi connectivity index (χ2n) is 6.40. The van der Waals surface area contributed by atoms with Gasteiger partial charge < -0.3 is 24.8 Å². The molecule has 0 radical (unpaired) electrons. The largest absolute Gasteiger partial charge is 0.490 e. The van der Waals surface area contributed by atoms with Gasteiger partial charge in [-0.05, 0) is 49.9 Å². The lowest BCUT2D eigenvalue weighted by Crippen LogP contribution is -2.41. The zero-order chi connectivity index (χ0) is 18.4. The second kappa shape index (κ2) is 10.9. The number of benzene rings is 1. The topological polar surface area (TPSA) is 82.4 Å². The minimum Gasteiger partial charge on any atom is -0.490 e. The summed E-state index contributed by atoms with van der Waals surface area (Å²) in [6.07, 6.45) is -0.127. The average molecular weight is 390 g/mol. The number of hydrogen-bond donors (Lipinski definition) is 3. The molecule has 0 saturated heterocycles. The predicted octanol–water partition coefficient (Wildman–Crippen LogP) is 2.28. The Balaban J connectivity index is 0.00000338. The molecular formula is C19H32ClNO5. The lowest BCUT2D eigenvalue weighted by molar-refractivity contribution is -0.0671. The molecule has 0 bridgehead atoms. The molecule has 2 atom stereocenters. The van der Waals surface area contributed by atoms with E-state index in [1.807, 2.05) is 32.9 Å². The van der Waals surface area contributed by atoms with E-state index in [9.17, 15) is 15.3 Å². The average Bonchev–Trinajstić information content (AvgIpc) is 2.57. The lowest BCUT2D eigenvalue weighted by Gasteiger charge is -2.39. The zero-order valence-electron chi connectivity index (χ0n) is 15.9. The van der Waals surface area contributed by atoms with Crippen molar-refractivity contribution >= 4 is 12.4 Å². The summed E-state index contributed by atoms with van der Waals surface area (Å²) in [6, 6.07) is 3.80. The fraction of sp³-hybridized carbons (Fsp3) is 0.684. The third-order valence-electron chi connectivity index (χ3n) is 4.62. The van der Waals surface area contributed by atoms with Crippen LogP contribution < -0.4 is 9.47 Å². The first-order valence-electron chi connectivity index (χ1n) is 9.20. The van der Waals surface area contributed by atoms with Gasteiger partial charge in [-0.15, -0.1) is 12.4 Å². The van der Waals surface area contributed by atoms with Gasteiger partial charge in [-0.1, -0.05) is 6.92 Å². The highest BCUT2D eigenvalue weighted by molar-refractivity contribution is 5.85. The number of fused-ring (bicyclic) bond motifs is 1. The summed E-state index contributed by atoms with van der Waals surface area (Å²) in [6.45, 7) is 8.18. The summed E-state index contributed by atoms with van der Waals surface area (Å²) in [5, 5.41) is 29.2. The van der Waals surface area contributed by atoms with Crippen LogP contribution in [0.15, 0.2) is 12.1 Å². The highest BCUT2D eigenvalue weighted by atomic mass is 35.5. The Hall–Kier alpha value is -1.05. The van der Waals surface area contributed by atoms with E-state index in [1.54, 1.807) is 0 Å². The summed E-state index contributed by atoms with van der Waals surface area (Å²) in [5.41, 5.74) is 2.16. The lowest BCUT2D eigenvalue weighted by atomic mass is 9.89. The van der Waals surface area contributed by atoms with E-state index < -0.39 is 12.4 Å². The van der Waals surface area contributed by atoms with Crippen molar-refractivity contribution in [2.75, 3.05) is 26.3 Å². The Bertz CT molecular complexity index is 555. The minimum atomic E-state index is -1.40. The Labute approximate surface area is 162 Å². The fourth-order valence-electron chi connectivity index (χ4n) is 3.39. The van der Waals surface area contributed by atoms with Gasteiger partial charge in [0.2, 0.25) is 0 Å². The predicted molar refractivity (Wildman–Crippen MR) is 103 cm³/mol. The number of hydrogen-bond acceptors (Lipinski definition) is 6.